The van der Waals surface area contributed by atoms with Crippen LogP contribution in [-0.2, 0) is 17.1 Å². The third-order valence-corrected chi connectivity index (χ3v) is 5.92. The van der Waals surface area contributed by atoms with Gasteiger partial charge in [-0.15, -0.1) is 21.5 Å². The van der Waals surface area contributed by atoms with Crippen molar-refractivity contribution in [2.75, 3.05) is 0 Å². The molecule has 0 aliphatic rings. The van der Waals surface area contributed by atoms with Crippen molar-refractivity contribution in [2.24, 2.45) is 5.73 Å². The van der Waals surface area contributed by atoms with E-state index >= 15 is 0 Å². The number of rotatable bonds is 8. The SMILES string of the molecule is NC(=O)CCn1c(SCc2ccn(-c3ccccc3)n2)nnc1-c1cccs1. The summed E-state index contributed by atoms with van der Waals surface area (Å²) in [6.07, 6.45) is 2.19. The van der Waals surface area contributed by atoms with Crippen molar-refractivity contribution in [3.63, 3.8) is 0 Å². The fourth-order valence-corrected chi connectivity index (χ4v) is 4.29. The Bertz CT molecular complexity index is 1060. The first-order valence-electron chi connectivity index (χ1n) is 8.69. The van der Waals surface area contributed by atoms with Crippen molar-refractivity contribution < 1.29 is 4.79 Å². The van der Waals surface area contributed by atoms with Crippen LogP contribution in [0.1, 0.15) is 12.1 Å². The minimum atomic E-state index is -0.344. The molecule has 4 aromatic rings. The number of thioether (sulfide) groups is 1. The van der Waals surface area contributed by atoms with E-state index in [0.717, 1.165) is 27.2 Å². The second-order valence-electron chi connectivity index (χ2n) is 6.03. The molecule has 3 aromatic heterocycles. The summed E-state index contributed by atoms with van der Waals surface area (Å²) in [6.45, 7) is 0.455. The summed E-state index contributed by atoms with van der Waals surface area (Å²) in [4.78, 5) is 12.3. The lowest BCUT2D eigenvalue weighted by Crippen LogP contribution is -2.14. The monoisotopic (exact) mass is 410 g/mol. The van der Waals surface area contributed by atoms with E-state index in [2.05, 4.69) is 15.3 Å². The smallest absolute Gasteiger partial charge is 0.219 e. The van der Waals surface area contributed by atoms with Crippen molar-refractivity contribution >= 4 is 29.0 Å². The van der Waals surface area contributed by atoms with Gasteiger partial charge in [-0.25, -0.2) is 4.68 Å². The molecule has 0 fully saturated rings. The molecule has 1 aromatic carbocycles. The van der Waals surface area contributed by atoms with Crippen molar-refractivity contribution in [3.05, 3.63) is 65.8 Å². The Morgan fingerprint density at radius 3 is 2.71 bits per heavy atom. The molecule has 0 saturated carbocycles. The molecule has 28 heavy (non-hydrogen) atoms. The summed E-state index contributed by atoms with van der Waals surface area (Å²) in [6, 6.07) is 15.9. The highest BCUT2D eigenvalue weighted by Crippen LogP contribution is 2.29. The van der Waals surface area contributed by atoms with Crippen molar-refractivity contribution in [1.29, 1.82) is 0 Å². The number of nitrogens with zero attached hydrogens (tertiary/aromatic N) is 5. The number of carbonyl (C=O) groups excluding carboxylic acids is 1. The highest BCUT2D eigenvalue weighted by atomic mass is 32.2. The Balaban J connectivity index is 1.52. The Labute approximate surface area is 170 Å². The molecular weight excluding hydrogens is 392 g/mol. The van der Waals surface area contributed by atoms with Crippen LogP contribution in [0.4, 0.5) is 0 Å². The lowest BCUT2D eigenvalue weighted by molar-refractivity contribution is -0.118. The molecule has 0 aliphatic heterocycles. The fraction of sp³-hybridized carbons (Fsp3) is 0.158. The summed E-state index contributed by atoms with van der Waals surface area (Å²) in [7, 11) is 0. The molecule has 9 heteroatoms. The van der Waals surface area contributed by atoms with Gasteiger partial charge in [0.25, 0.3) is 0 Å². The summed E-state index contributed by atoms with van der Waals surface area (Å²) in [5.41, 5.74) is 7.30. The summed E-state index contributed by atoms with van der Waals surface area (Å²) in [5, 5.41) is 16.0. The number of hydrogen-bond donors (Lipinski definition) is 1. The lowest BCUT2D eigenvalue weighted by Gasteiger charge is -2.07. The number of hydrogen-bond acceptors (Lipinski definition) is 6. The van der Waals surface area contributed by atoms with Gasteiger partial charge in [0.2, 0.25) is 5.91 Å². The average molecular weight is 411 g/mol. The molecular formula is C19H18N6OS2. The predicted octanol–water partition coefficient (Wildman–Crippen LogP) is 3.36. The van der Waals surface area contributed by atoms with Crippen LogP contribution in [0.3, 0.4) is 0 Å². The highest BCUT2D eigenvalue weighted by Gasteiger charge is 2.16. The molecule has 4 rings (SSSR count). The molecule has 7 nitrogen and oxygen atoms in total. The van der Waals surface area contributed by atoms with Gasteiger partial charge in [-0.05, 0) is 29.6 Å². The van der Waals surface area contributed by atoms with Crippen molar-refractivity contribution in [2.45, 2.75) is 23.9 Å². The molecule has 0 saturated heterocycles. The van der Waals surface area contributed by atoms with E-state index in [9.17, 15) is 4.79 Å². The molecule has 0 unspecified atom stereocenters. The molecule has 0 atom stereocenters. The second kappa shape index (κ2) is 8.41. The number of primary amides is 1. The Hall–Kier alpha value is -2.91. The van der Waals surface area contributed by atoms with Crippen LogP contribution in [0.25, 0.3) is 16.4 Å². The number of carbonyl (C=O) groups is 1. The van der Waals surface area contributed by atoms with Crippen LogP contribution in [0.15, 0.2) is 65.3 Å². The van der Waals surface area contributed by atoms with Crippen LogP contribution in [0.2, 0.25) is 0 Å². The molecule has 142 valence electrons. The number of amides is 1. The van der Waals surface area contributed by atoms with Gasteiger partial charge in [0.15, 0.2) is 11.0 Å². The van der Waals surface area contributed by atoms with E-state index in [4.69, 9.17) is 5.73 Å². The number of nitrogens with two attached hydrogens (primary N) is 1. The van der Waals surface area contributed by atoms with E-state index in [1.54, 1.807) is 23.1 Å². The average Bonchev–Trinajstić information content (AvgIpc) is 3.45. The van der Waals surface area contributed by atoms with Gasteiger partial charge in [-0.2, -0.15) is 5.10 Å². The molecule has 0 bridgehead atoms. The van der Waals surface area contributed by atoms with Gasteiger partial charge < -0.3 is 10.3 Å². The lowest BCUT2D eigenvalue weighted by atomic mass is 10.3. The topological polar surface area (TPSA) is 91.6 Å². The molecule has 2 N–H and O–H groups in total. The van der Waals surface area contributed by atoms with Gasteiger partial charge in [0.1, 0.15) is 0 Å². The standard InChI is InChI=1S/C19H18N6OS2/c20-17(26)9-10-24-18(16-7-4-12-27-16)21-22-19(24)28-13-14-8-11-25(23-14)15-5-2-1-3-6-15/h1-8,11-12H,9-10,13H2,(H2,20,26). The van der Waals surface area contributed by atoms with Crippen molar-refractivity contribution in [3.8, 4) is 16.4 Å². The van der Waals surface area contributed by atoms with Crippen LogP contribution < -0.4 is 5.73 Å². The predicted molar refractivity (Wildman–Crippen MR) is 110 cm³/mol. The normalized spacial score (nSPS) is 11.0. The van der Waals surface area contributed by atoms with E-state index < -0.39 is 0 Å². The van der Waals surface area contributed by atoms with E-state index in [1.807, 2.05) is 69.4 Å². The molecule has 0 aliphatic carbocycles. The number of benzene rings is 1. The maximum Gasteiger partial charge on any atom is 0.219 e. The minimum absolute atomic E-state index is 0.243. The molecule has 0 radical (unpaired) electrons. The summed E-state index contributed by atoms with van der Waals surface area (Å²) < 4.78 is 3.81. The molecule has 0 spiro atoms. The van der Waals surface area contributed by atoms with Crippen LogP contribution in [-0.4, -0.2) is 30.5 Å². The number of aromatic nitrogens is 5. The third-order valence-electron chi connectivity index (χ3n) is 4.05. The zero-order chi connectivity index (χ0) is 19.3. The maximum atomic E-state index is 11.3. The Morgan fingerprint density at radius 2 is 1.96 bits per heavy atom. The van der Waals surface area contributed by atoms with Gasteiger partial charge >= 0.3 is 0 Å². The maximum absolute atomic E-state index is 11.3. The second-order valence-corrected chi connectivity index (χ2v) is 7.92. The zero-order valence-electron chi connectivity index (χ0n) is 14.9. The number of para-hydroxylation sites is 1. The van der Waals surface area contributed by atoms with Gasteiger partial charge in [-0.3, -0.25) is 4.79 Å². The fourth-order valence-electron chi connectivity index (χ4n) is 2.71. The number of thiophene rings is 1. The van der Waals surface area contributed by atoms with Crippen LogP contribution >= 0.6 is 23.1 Å². The van der Waals surface area contributed by atoms with E-state index in [-0.39, 0.29) is 12.3 Å². The van der Waals surface area contributed by atoms with Gasteiger partial charge in [-0.1, -0.05) is 36.0 Å². The zero-order valence-corrected chi connectivity index (χ0v) is 16.6. The molecule has 3 heterocycles. The van der Waals surface area contributed by atoms with Crippen LogP contribution in [0, 0.1) is 0 Å². The Morgan fingerprint density at radius 1 is 1.11 bits per heavy atom. The quantitative estimate of drug-likeness (QED) is 0.450. The summed E-state index contributed by atoms with van der Waals surface area (Å²) in [5.74, 6) is 1.07. The first-order chi connectivity index (χ1) is 13.7. The van der Waals surface area contributed by atoms with Crippen LogP contribution in [0.5, 0.6) is 0 Å². The third kappa shape index (κ3) is 4.15. The van der Waals surface area contributed by atoms with E-state index in [1.165, 1.54) is 0 Å². The van der Waals surface area contributed by atoms with Crippen molar-refractivity contribution in [1.82, 2.24) is 24.5 Å². The van der Waals surface area contributed by atoms with Gasteiger partial charge in [0.05, 0.1) is 16.3 Å². The molecule has 1 amide bonds. The highest BCUT2D eigenvalue weighted by molar-refractivity contribution is 7.98. The first-order valence-corrected chi connectivity index (χ1v) is 10.6. The summed E-state index contributed by atoms with van der Waals surface area (Å²) >= 11 is 3.13. The largest absolute Gasteiger partial charge is 0.370 e. The Kier molecular flexibility index (Phi) is 5.54. The minimum Gasteiger partial charge on any atom is -0.370 e. The first kappa shape index (κ1) is 18.5. The van der Waals surface area contributed by atoms with Gasteiger partial charge in [0, 0.05) is 24.9 Å². The van der Waals surface area contributed by atoms with E-state index in [0.29, 0.717) is 12.3 Å².